The van der Waals surface area contributed by atoms with Crippen LogP contribution in [0.3, 0.4) is 0 Å². The van der Waals surface area contributed by atoms with Crippen LogP contribution in [0.5, 0.6) is 0 Å². The third-order valence-corrected chi connectivity index (χ3v) is 6.87. The van der Waals surface area contributed by atoms with E-state index in [-0.39, 0.29) is 47.6 Å². The maximum atomic E-state index is 15.3. The Morgan fingerprint density at radius 3 is 2.88 bits per heavy atom. The van der Waals surface area contributed by atoms with Crippen LogP contribution in [0.2, 0.25) is 0 Å². The average molecular weight is 507 g/mol. The molecule has 2 aliphatic rings. The number of nitrogens with one attached hydrogen (secondary N) is 3. The highest BCUT2D eigenvalue weighted by molar-refractivity contribution is 9.10. The van der Waals surface area contributed by atoms with E-state index in [1.807, 2.05) is 0 Å². The first kappa shape index (κ1) is 21.4. The molecule has 1 amide bonds. The number of likely N-dealkylation sites (tertiary alicyclic amines) is 1. The average Bonchev–Trinajstić information content (AvgIpc) is 3.24. The quantitative estimate of drug-likeness (QED) is 0.435. The van der Waals surface area contributed by atoms with E-state index in [0.717, 1.165) is 25.8 Å². The smallest absolute Gasteiger partial charge is 0.348 e. The number of amides is 1. The molecule has 2 aromatic heterocycles. The molecule has 0 bridgehead atoms. The number of hydrogen-bond acceptors (Lipinski definition) is 5. The highest BCUT2D eigenvalue weighted by Crippen LogP contribution is 2.30. The Hall–Kier alpha value is -2.40. The number of rotatable bonds is 4. The van der Waals surface area contributed by atoms with Gasteiger partial charge in [-0.05, 0) is 37.6 Å². The van der Waals surface area contributed by atoms with Gasteiger partial charge in [-0.3, -0.25) is 4.90 Å². The van der Waals surface area contributed by atoms with E-state index in [4.69, 9.17) is 0 Å². The molecule has 3 aromatic rings. The molecule has 0 radical (unpaired) electrons. The van der Waals surface area contributed by atoms with Crippen molar-refractivity contribution in [2.45, 2.75) is 30.9 Å². The van der Waals surface area contributed by atoms with Crippen LogP contribution < -0.4 is 15.5 Å². The Kier molecular flexibility index (Phi) is 5.48. The normalized spacial score (nSPS) is 25.5. The topological polar surface area (TPSA) is 83.1 Å². The number of hydrogen-bond donors (Lipinski definition) is 4. The van der Waals surface area contributed by atoms with Crippen LogP contribution in [-0.4, -0.2) is 51.7 Å². The molecule has 0 aliphatic carbocycles. The molecule has 2 fully saturated rings. The zero-order valence-electron chi connectivity index (χ0n) is 17.2. The number of carbonyl (C=O) groups is 1. The van der Waals surface area contributed by atoms with Crippen LogP contribution in [0.4, 0.5) is 20.2 Å². The van der Waals surface area contributed by atoms with Crippen LogP contribution in [0.25, 0.3) is 5.65 Å². The number of carbonyl (C=O) groups excluding carboxylic acids is 1. The van der Waals surface area contributed by atoms with Crippen molar-refractivity contribution in [2.75, 3.05) is 25.0 Å². The molecule has 0 saturated carbocycles. The van der Waals surface area contributed by atoms with Crippen molar-refractivity contribution >= 4 is 38.9 Å². The predicted molar refractivity (Wildman–Crippen MR) is 118 cm³/mol. The number of piperidine rings is 1. The van der Waals surface area contributed by atoms with Gasteiger partial charge < -0.3 is 20.1 Å². The number of halogens is 3. The molecule has 0 spiro atoms. The predicted octanol–water partition coefficient (Wildman–Crippen LogP) is 2.03. The van der Waals surface area contributed by atoms with Crippen molar-refractivity contribution in [1.29, 1.82) is 0 Å². The molecule has 2 saturated heterocycles. The third-order valence-electron chi connectivity index (χ3n) is 6.38. The summed E-state index contributed by atoms with van der Waals surface area (Å²) >= 11 is 3.20. The summed E-state index contributed by atoms with van der Waals surface area (Å²) in [5.41, 5.74) is -0.951. The first-order valence-electron chi connectivity index (χ1n) is 10.6. The molecule has 1 atom stereocenters. The maximum Gasteiger partial charge on any atom is 0.348 e. The van der Waals surface area contributed by atoms with E-state index in [1.165, 1.54) is 28.9 Å². The van der Waals surface area contributed by atoms with Crippen molar-refractivity contribution < 1.29 is 23.6 Å². The van der Waals surface area contributed by atoms with E-state index < -0.39 is 17.2 Å². The lowest BCUT2D eigenvalue weighted by Crippen LogP contribution is -3.26. The number of benzene rings is 1. The van der Waals surface area contributed by atoms with Crippen LogP contribution in [0.1, 0.15) is 29.6 Å². The second kappa shape index (κ2) is 8.18. The Morgan fingerprint density at radius 2 is 2.16 bits per heavy atom. The van der Waals surface area contributed by atoms with Gasteiger partial charge in [-0.15, -0.1) is 0 Å². The van der Waals surface area contributed by atoms with Gasteiger partial charge in [0.2, 0.25) is 0 Å². The summed E-state index contributed by atoms with van der Waals surface area (Å²) in [4.78, 5) is 17.9. The van der Waals surface area contributed by atoms with Crippen LogP contribution in [0, 0.1) is 11.6 Å². The van der Waals surface area contributed by atoms with Gasteiger partial charge in [0.05, 0.1) is 11.4 Å². The Bertz CT molecular complexity index is 1190. The van der Waals surface area contributed by atoms with Gasteiger partial charge in [0.15, 0.2) is 17.1 Å². The van der Waals surface area contributed by atoms with Crippen molar-refractivity contribution in [3.63, 3.8) is 0 Å². The molecule has 10 heteroatoms. The maximum absolute atomic E-state index is 15.3. The summed E-state index contributed by atoms with van der Waals surface area (Å²) in [6.07, 6.45) is 7.46. The van der Waals surface area contributed by atoms with E-state index >= 15 is 4.39 Å². The molecule has 32 heavy (non-hydrogen) atoms. The number of nitrogens with zero attached hydrogens (tertiary/aromatic N) is 2. The summed E-state index contributed by atoms with van der Waals surface area (Å²) in [5.74, 6) is -1.69. The molecule has 1 aromatic carbocycles. The SMILES string of the molecule is O=C(c1cn2ccnc2c(F)c1Nc1ccc(Br)cc1F)[NH+]1CC(O)(C2CCCCN2)C1. The Balaban J connectivity index is 1.46. The standard InChI is InChI=1S/C22H22BrF2N5O2/c23-13-4-5-16(15(24)9-13)28-19-14(10-29-8-7-27-20(29)18(19)25)21(31)30-11-22(32,12-30)17-3-1-2-6-26-17/h4-5,7-10,17,26,28,32H,1-3,6,11-12H2/p+1. The van der Waals surface area contributed by atoms with Gasteiger partial charge in [-0.1, -0.05) is 22.4 Å². The lowest BCUT2D eigenvalue weighted by molar-refractivity contribution is -0.883. The van der Waals surface area contributed by atoms with Gasteiger partial charge >= 0.3 is 5.91 Å². The summed E-state index contributed by atoms with van der Waals surface area (Å²) in [7, 11) is 0. The number of aliphatic hydroxyl groups is 1. The van der Waals surface area contributed by atoms with Gasteiger partial charge in [-0.2, -0.15) is 0 Å². The van der Waals surface area contributed by atoms with Crippen LogP contribution in [0.15, 0.2) is 41.3 Å². The first-order valence-corrected chi connectivity index (χ1v) is 11.4. The van der Waals surface area contributed by atoms with Crippen molar-refractivity contribution in [3.8, 4) is 0 Å². The fourth-order valence-electron chi connectivity index (χ4n) is 4.64. The Labute approximate surface area is 191 Å². The number of imidazole rings is 1. The highest BCUT2D eigenvalue weighted by Gasteiger charge is 2.55. The lowest BCUT2D eigenvalue weighted by atomic mass is 9.81. The molecule has 2 aliphatic heterocycles. The lowest BCUT2D eigenvalue weighted by Gasteiger charge is -2.47. The minimum absolute atomic E-state index is 0.0306. The fourth-order valence-corrected chi connectivity index (χ4v) is 4.97. The molecule has 4 heterocycles. The minimum atomic E-state index is -0.964. The van der Waals surface area contributed by atoms with E-state index in [0.29, 0.717) is 9.37 Å². The third kappa shape index (κ3) is 3.71. The summed E-state index contributed by atoms with van der Waals surface area (Å²) in [6, 6.07) is 4.30. The van der Waals surface area contributed by atoms with Gasteiger partial charge in [0.1, 0.15) is 24.5 Å². The van der Waals surface area contributed by atoms with Crippen LogP contribution in [-0.2, 0) is 0 Å². The number of aromatic nitrogens is 2. The van der Waals surface area contributed by atoms with Gasteiger partial charge in [-0.25, -0.2) is 18.6 Å². The summed E-state index contributed by atoms with van der Waals surface area (Å²) in [6.45, 7) is 1.32. The number of quaternary nitrogens is 1. The van der Waals surface area contributed by atoms with Gasteiger partial charge in [0, 0.05) is 29.1 Å². The summed E-state index contributed by atoms with van der Waals surface area (Å²) in [5, 5.41) is 17.1. The van der Waals surface area contributed by atoms with E-state index in [2.05, 4.69) is 31.5 Å². The number of fused-ring (bicyclic) bond motifs is 1. The van der Waals surface area contributed by atoms with Crippen molar-refractivity contribution in [2.24, 2.45) is 0 Å². The largest absolute Gasteiger partial charge is 0.377 e. The van der Waals surface area contributed by atoms with Crippen LogP contribution >= 0.6 is 15.9 Å². The first-order chi connectivity index (χ1) is 15.4. The molecule has 168 valence electrons. The Morgan fingerprint density at radius 1 is 1.34 bits per heavy atom. The zero-order chi connectivity index (χ0) is 22.5. The monoisotopic (exact) mass is 506 g/mol. The van der Waals surface area contributed by atoms with Gasteiger partial charge in [0.25, 0.3) is 0 Å². The van der Waals surface area contributed by atoms with E-state index in [9.17, 15) is 14.3 Å². The second-order valence-electron chi connectivity index (χ2n) is 8.53. The van der Waals surface area contributed by atoms with Crippen molar-refractivity contribution in [3.05, 3.63) is 58.5 Å². The molecule has 4 N–H and O–H groups in total. The minimum Gasteiger partial charge on any atom is -0.377 e. The summed E-state index contributed by atoms with van der Waals surface area (Å²) < 4.78 is 31.8. The number of pyridine rings is 1. The van der Waals surface area contributed by atoms with Crippen molar-refractivity contribution in [1.82, 2.24) is 14.7 Å². The van der Waals surface area contributed by atoms with E-state index in [1.54, 1.807) is 12.3 Å². The number of anilines is 2. The fraction of sp³-hybridized carbons (Fsp3) is 0.364. The molecular formula is C22H23BrF2N5O2+. The second-order valence-corrected chi connectivity index (χ2v) is 9.45. The molecule has 5 rings (SSSR count). The molecule has 1 unspecified atom stereocenters. The highest BCUT2D eigenvalue weighted by atomic mass is 79.9. The molecule has 7 nitrogen and oxygen atoms in total. The molecular weight excluding hydrogens is 484 g/mol. The zero-order valence-corrected chi connectivity index (χ0v) is 18.8.